The van der Waals surface area contributed by atoms with Gasteiger partial charge in [-0.3, -0.25) is 0 Å². The summed E-state index contributed by atoms with van der Waals surface area (Å²) in [5.74, 6) is 0.639. The van der Waals surface area contributed by atoms with Crippen LogP contribution in [0.3, 0.4) is 0 Å². The number of para-hydroxylation sites is 1. The maximum atomic E-state index is 9.85. The molecule has 2 unspecified atom stereocenters. The van der Waals surface area contributed by atoms with Gasteiger partial charge in [0.15, 0.2) is 0 Å². The van der Waals surface area contributed by atoms with E-state index in [9.17, 15) is 5.11 Å². The average molecular weight is 235 g/mol. The minimum Gasteiger partial charge on any atom is -0.389 e. The fourth-order valence-corrected chi connectivity index (χ4v) is 2.58. The van der Waals surface area contributed by atoms with E-state index in [1.165, 1.54) is 11.3 Å². The smallest absolute Gasteiger partial charge is 0.0947 e. The average Bonchev–Trinajstić information content (AvgIpc) is 2.29. The molecule has 0 bridgehead atoms. The van der Waals surface area contributed by atoms with Gasteiger partial charge in [-0.25, -0.2) is 0 Å². The molecule has 2 rings (SSSR count). The number of rotatable bonds is 4. The van der Waals surface area contributed by atoms with Crippen molar-refractivity contribution in [1.29, 1.82) is 0 Å². The van der Waals surface area contributed by atoms with Crippen molar-refractivity contribution < 1.29 is 9.84 Å². The molecule has 0 spiro atoms. The van der Waals surface area contributed by atoms with E-state index in [4.69, 9.17) is 4.74 Å². The van der Waals surface area contributed by atoms with Crippen LogP contribution in [0.4, 0.5) is 5.69 Å². The maximum Gasteiger partial charge on any atom is 0.0947 e. The van der Waals surface area contributed by atoms with Crippen LogP contribution in [-0.2, 0) is 11.2 Å². The van der Waals surface area contributed by atoms with Crippen molar-refractivity contribution in [3.05, 3.63) is 29.8 Å². The third-order valence-electron chi connectivity index (χ3n) is 3.22. The number of benzene rings is 1. The van der Waals surface area contributed by atoms with Crippen molar-refractivity contribution in [2.24, 2.45) is 5.92 Å². The van der Waals surface area contributed by atoms with Crippen LogP contribution in [0.5, 0.6) is 0 Å². The van der Waals surface area contributed by atoms with Gasteiger partial charge in [0.1, 0.15) is 0 Å². The number of β-amino-alcohol motifs (C(OH)–C–C–N with tert-alkyl or cyclic N) is 1. The first-order valence-electron chi connectivity index (χ1n) is 6.20. The molecule has 1 N–H and O–H groups in total. The Morgan fingerprint density at radius 3 is 3.00 bits per heavy atom. The van der Waals surface area contributed by atoms with Gasteiger partial charge in [0.25, 0.3) is 0 Å². The van der Waals surface area contributed by atoms with E-state index in [2.05, 4.69) is 36.1 Å². The molecule has 17 heavy (non-hydrogen) atoms. The summed E-state index contributed by atoms with van der Waals surface area (Å²) in [7, 11) is 1.62. The van der Waals surface area contributed by atoms with Crippen LogP contribution in [0.2, 0.25) is 0 Å². The van der Waals surface area contributed by atoms with Gasteiger partial charge in [0.2, 0.25) is 0 Å². The summed E-state index contributed by atoms with van der Waals surface area (Å²) in [6.07, 6.45) is 0.714. The highest BCUT2D eigenvalue weighted by Crippen LogP contribution is 2.29. The van der Waals surface area contributed by atoms with Gasteiger partial charge >= 0.3 is 0 Å². The Balaban J connectivity index is 2.12. The molecule has 1 aliphatic heterocycles. The molecule has 0 amide bonds. The summed E-state index contributed by atoms with van der Waals surface area (Å²) in [5.41, 5.74) is 2.65. The van der Waals surface area contributed by atoms with Gasteiger partial charge < -0.3 is 14.7 Å². The number of aliphatic hydroxyl groups is 1. The lowest BCUT2D eigenvalue weighted by Gasteiger charge is -2.36. The van der Waals surface area contributed by atoms with Crippen molar-refractivity contribution >= 4 is 5.69 Å². The molecular formula is C14H21NO2. The lowest BCUT2D eigenvalue weighted by atomic mass is 9.94. The standard InChI is InChI=1S/C14H21NO2/c1-11-7-12-5-3-4-6-14(12)15(8-11)9-13(16)10-17-2/h3-6,11,13,16H,7-10H2,1-2H3. The fraction of sp³-hybridized carbons (Fsp3) is 0.571. The van der Waals surface area contributed by atoms with Crippen molar-refractivity contribution in [3.63, 3.8) is 0 Å². The molecule has 1 heterocycles. The number of ether oxygens (including phenoxy) is 1. The predicted octanol–water partition coefficient (Wildman–Crippen LogP) is 1.69. The maximum absolute atomic E-state index is 9.85. The molecule has 94 valence electrons. The van der Waals surface area contributed by atoms with Crippen LogP contribution in [0.15, 0.2) is 24.3 Å². The van der Waals surface area contributed by atoms with Crippen molar-refractivity contribution in [3.8, 4) is 0 Å². The SMILES string of the molecule is COCC(O)CN1CC(C)Cc2ccccc21. The minimum atomic E-state index is -0.418. The molecule has 0 fully saturated rings. The number of methoxy groups -OCH3 is 1. The zero-order chi connectivity index (χ0) is 12.3. The lowest BCUT2D eigenvalue weighted by molar-refractivity contribution is 0.0682. The molecule has 3 nitrogen and oxygen atoms in total. The van der Waals surface area contributed by atoms with E-state index in [0.29, 0.717) is 19.1 Å². The molecule has 0 aliphatic carbocycles. The zero-order valence-electron chi connectivity index (χ0n) is 10.6. The first kappa shape index (κ1) is 12.4. The lowest BCUT2D eigenvalue weighted by Crippen LogP contribution is -2.40. The van der Waals surface area contributed by atoms with Crippen LogP contribution in [-0.4, -0.2) is 38.0 Å². The number of hydrogen-bond acceptors (Lipinski definition) is 3. The van der Waals surface area contributed by atoms with E-state index >= 15 is 0 Å². The highest BCUT2D eigenvalue weighted by atomic mass is 16.5. The largest absolute Gasteiger partial charge is 0.389 e. The predicted molar refractivity (Wildman–Crippen MR) is 69.4 cm³/mol. The molecule has 0 saturated carbocycles. The van der Waals surface area contributed by atoms with E-state index in [0.717, 1.165) is 13.0 Å². The van der Waals surface area contributed by atoms with Gasteiger partial charge in [-0.05, 0) is 24.0 Å². The Bertz CT molecular complexity index is 367. The van der Waals surface area contributed by atoms with E-state index in [1.807, 2.05) is 0 Å². The van der Waals surface area contributed by atoms with Crippen LogP contribution in [0.1, 0.15) is 12.5 Å². The minimum absolute atomic E-state index is 0.396. The van der Waals surface area contributed by atoms with Crippen LogP contribution in [0, 0.1) is 5.92 Å². The third-order valence-corrected chi connectivity index (χ3v) is 3.22. The summed E-state index contributed by atoms with van der Waals surface area (Å²) in [4.78, 5) is 2.27. The van der Waals surface area contributed by atoms with Crippen LogP contribution < -0.4 is 4.90 Å². The van der Waals surface area contributed by atoms with Crippen molar-refractivity contribution in [2.75, 3.05) is 31.7 Å². The van der Waals surface area contributed by atoms with Gasteiger partial charge in [-0.2, -0.15) is 0 Å². The number of nitrogens with zero attached hydrogens (tertiary/aromatic N) is 1. The van der Waals surface area contributed by atoms with Crippen molar-refractivity contribution in [1.82, 2.24) is 0 Å². The summed E-state index contributed by atoms with van der Waals surface area (Å²) in [6, 6.07) is 8.46. The Hall–Kier alpha value is -1.06. The topological polar surface area (TPSA) is 32.7 Å². The molecular weight excluding hydrogens is 214 g/mol. The molecule has 1 aromatic rings. The zero-order valence-corrected chi connectivity index (χ0v) is 10.6. The Morgan fingerprint density at radius 1 is 1.47 bits per heavy atom. The van der Waals surface area contributed by atoms with Gasteiger partial charge in [0, 0.05) is 25.9 Å². The Kier molecular flexibility index (Phi) is 4.02. The summed E-state index contributed by atoms with van der Waals surface area (Å²) >= 11 is 0. The number of hydrogen-bond donors (Lipinski definition) is 1. The Labute approximate surface area is 103 Å². The van der Waals surface area contributed by atoms with Crippen LogP contribution >= 0.6 is 0 Å². The summed E-state index contributed by atoms with van der Waals surface area (Å²) < 4.78 is 4.98. The first-order chi connectivity index (χ1) is 8.20. The molecule has 1 aromatic carbocycles. The van der Waals surface area contributed by atoms with Gasteiger partial charge in [-0.1, -0.05) is 25.1 Å². The molecule has 0 aromatic heterocycles. The number of fused-ring (bicyclic) bond motifs is 1. The second kappa shape index (κ2) is 5.52. The number of aliphatic hydroxyl groups excluding tert-OH is 1. The third kappa shape index (κ3) is 2.99. The molecule has 3 heteroatoms. The molecule has 0 radical (unpaired) electrons. The second-order valence-electron chi connectivity index (χ2n) is 4.95. The van der Waals surface area contributed by atoms with Crippen LogP contribution in [0.25, 0.3) is 0 Å². The van der Waals surface area contributed by atoms with E-state index in [1.54, 1.807) is 7.11 Å². The normalized spacial score (nSPS) is 21.1. The van der Waals surface area contributed by atoms with Gasteiger partial charge in [0.05, 0.1) is 12.7 Å². The van der Waals surface area contributed by atoms with Gasteiger partial charge in [-0.15, -0.1) is 0 Å². The highest BCUT2D eigenvalue weighted by Gasteiger charge is 2.22. The molecule has 2 atom stereocenters. The Morgan fingerprint density at radius 2 is 2.24 bits per heavy atom. The first-order valence-corrected chi connectivity index (χ1v) is 6.20. The summed E-state index contributed by atoms with van der Waals surface area (Å²) in [6.45, 7) is 4.31. The highest BCUT2D eigenvalue weighted by molar-refractivity contribution is 5.55. The molecule has 1 aliphatic rings. The second-order valence-corrected chi connectivity index (χ2v) is 4.95. The van der Waals surface area contributed by atoms with Crippen molar-refractivity contribution in [2.45, 2.75) is 19.4 Å². The number of anilines is 1. The van der Waals surface area contributed by atoms with E-state index < -0.39 is 6.10 Å². The molecule has 0 saturated heterocycles. The fourth-order valence-electron chi connectivity index (χ4n) is 2.58. The quantitative estimate of drug-likeness (QED) is 0.862. The summed E-state index contributed by atoms with van der Waals surface area (Å²) in [5, 5.41) is 9.85. The van der Waals surface area contributed by atoms with E-state index in [-0.39, 0.29) is 0 Å². The monoisotopic (exact) mass is 235 g/mol.